The molecule has 6 nitrogen and oxygen atoms in total. The Morgan fingerprint density at radius 2 is 0.691 bits per heavy atom. The molecule has 0 fully saturated rings. The summed E-state index contributed by atoms with van der Waals surface area (Å²) in [6.07, 6.45) is 51.0. The van der Waals surface area contributed by atoms with E-state index in [2.05, 4.69) is 69.4 Å². The molecule has 1 atom stereocenters. The van der Waals surface area contributed by atoms with Gasteiger partial charge in [-0.15, -0.1) is 0 Å². The van der Waals surface area contributed by atoms with Gasteiger partial charge in [0, 0.05) is 19.3 Å². The van der Waals surface area contributed by atoms with Crippen LogP contribution in [0.5, 0.6) is 0 Å². The number of esters is 3. The number of ether oxygens (including phenoxy) is 3. The van der Waals surface area contributed by atoms with Crippen LogP contribution in [-0.2, 0) is 28.6 Å². The lowest BCUT2D eigenvalue weighted by atomic mass is 10.1. The van der Waals surface area contributed by atoms with E-state index in [1.165, 1.54) is 103 Å². The Morgan fingerprint density at radius 3 is 1.16 bits per heavy atom. The molecule has 0 bridgehead atoms. The Labute approximate surface area is 339 Å². The maximum atomic E-state index is 12.7. The molecule has 0 aromatic heterocycles. The highest BCUT2D eigenvalue weighted by molar-refractivity contribution is 5.71. The lowest BCUT2D eigenvalue weighted by Gasteiger charge is -2.18. The monoisotopic (exact) mass is 771 g/mol. The summed E-state index contributed by atoms with van der Waals surface area (Å²) in [4.78, 5) is 37.6. The van der Waals surface area contributed by atoms with Crippen molar-refractivity contribution < 1.29 is 28.6 Å². The van der Waals surface area contributed by atoms with Crippen molar-refractivity contribution in [2.75, 3.05) is 13.2 Å². The first-order chi connectivity index (χ1) is 27.0. The maximum Gasteiger partial charge on any atom is 0.306 e. The molecule has 0 N–H and O–H groups in total. The topological polar surface area (TPSA) is 78.9 Å². The molecule has 0 radical (unpaired) electrons. The highest BCUT2D eigenvalue weighted by Crippen LogP contribution is 2.13. The molecule has 318 valence electrons. The lowest BCUT2D eigenvalue weighted by Crippen LogP contribution is -2.30. The first-order valence-electron chi connectivity index (χ1n) is 23.1. The highest BCUT2D eigenvalue weighted by atomic mass is 16.6. The predicted molar refractivity (Wildman–Crippen MR) is 233 cm³/mol. The summed E-state index contributed by atoms with van der Waals surface area (Å²) in [5, 5.41) is 0. The van der Waals surface area contributed by atoms with Crippen molar-refractivity contribution in [2.45, 2.75) is 232 Å². The van der Waals surface area contributed by atoms with E-state index in [0.717, 1.165) is 77.0 Å². The molecular weight excluding hydrogens is 685 g/mol. The molecule has 6 heteroatoms. The summed E-state index contributed by atoms with van der Waals surface area (Å²) in [7, 11) is 0. The zero-order chi connectivity index (χ0) is 40.1. The number of hydrogen-bond donors (Lipinski definition) is 0. The van der Waals surface area contributed by atoms with Gasteiger partial charge >= 0.3 is 17.9 Å². The van der Waals surface area contributed by atoms with E-state index in [9.17, 15) is 14.4 Å². The van der Waals surface area contributed by atoms with Crippen molar-refractivity contribution in [1.82, 2.24) is 0 Å². The summed E-state index contributed by atoms with van der Waals surface area (Å²) in [6, 6.07) is 0. The molecule has 0 aromatic carbocycles. The van der Waals surface area contributed by atoms with E-state index in [0.29, 0.717) is 19.3 Å². The summed E-state index contributed by atoms with van der Waals surface area (Å²) in [5.74, 6) is -0.963. The van der Waals surface area contributed by atoms with Crippen molar-refractivity contribution in [1.29, 1.82) is 0 Å². The Kier molecular flexibility index (Phi) is 42.0. The van der Waals surface area contributed by atoms with Crippen LogP contribution in [0.4, 0.5) is 0 Å². The van der Waals surface area contributed by atoms with Crippen LogP contribution in [0.3, 0.4) is 0 Å². The smallest absolute Gasteiger partial charge is 0.306 e. The Bertz CT molecular complexity index is 980. The molecule has 0 heterocycles. The summed E-state index contributed by atoms with van der Waals surface area (Å²) in [5.41, 5.74) is 0. The predicted octanol–water partition coefficient (Wildman–Crippen LogP) is 14.8. The average Bonchev–Trinajstić information content (AvgIpc) is 3.18. The molecule has 0 aliphatic carbocycles. The molecule has 0 aliphatic rings. The number of hydrogen-bond acceptors (Lipinski definition) is 6. The molecule has 0 rings (SSSR count). The van der Waals surface area contributed by atoms with Gasteiger partial charge < -0.3 is 14.2 Å². The van der Waals surface area contributed by atoms with Gasteiger partial charge in [-0.05, 0) is 70.6 Å². The van der Waals surface area contributed by atoms with E-state index >= 15 is 0 Å². The fourth-order valence-corrected chi connectivity index (χ4v) is 6.26. The second kappa shape index (κ2) is 44.1. The van der Waals surface area contributed by atoms with Crippen molar-refractivity contribution in [3.8, 4) is 0 Å². The minimum atomic E-state index is -0.793. The molecule has 0 spiro atoms. The highest BCUT2D eigenvalue weighted by Gasteiger charge is 2.19. The normalized spacial score (nSPS) is 12.4. The zero-order valence-electron chi connectivity index (χ0n) is 36.2. The third-order valence-corrected chi connectivity index (χ3v) is 9.81. The van der Waals surface area contributed by atoms with E-state index < -0.39 is 6.10 Å². The van der Waals surface area contributed by atoms with Crippen LogP contribution in [0.1, 0.15) is 226 Å². The SMILES string of the molecule is CCCC/C=C\CCCCCCC(=O)OC(COC(=O)CCC/C=C\C/C=C\C/C=C\CCCCCCCC)COC(=O)CCCCCCCCCCCC. The van der Waals surface area contributed by atoms with Crippen molar-refractivity contribution >= 4 is 17.9 Å². The molecule has 0 aromatic rings. The van der Waals surface area contributed by atoms with E-state index in [-0.39, 0.29) is 37.5 Å². The van der Waals surface area contributed by atoms with Crippen molar-refractivity contribution in [2.24, 2.45) is 0 Å². The quantitative estimate of drug-likeness (QED) is 0.0267. The first-order valence-corrected chi connectivity index (χ1v) is 23.1. The van der Waals surface area contributed by atoms with E-state index in [1.807, 2.05) is 0 Å². The fourth-order valence-electron chi connectivity index (χ4n) is 6.26. The van der Waals surface area contributed by atoms with Gasteiger partial charge in [0.2, 0.25) is 0 Å². The van der Waals surface area contributed by atoms with Gasteiger partial charge in [-0.3, -0.25) is 14.4 Å². The lowest BCUT2D eigenvalue weighted by molar-refractivity contribution is -0.167. The van der Waals surface area contributed by atoms with Gasteiger partial charge in [-0.25, -0.2) is 0 Å². The average molecular weight is 771 g/mol. The van der Waals surface area contributed by atoms with Gasteiger partial charge in [0.05, 0.1) is 0 Å². The van der Waals surface area contributed by atoms with E-state index in [1.54, 1.807) is 0 Å². The number of carbonyl (C=O) groups is 3. The molecule has 0 saturated heterocycles. The van der Waals surface area contributed by atoms with Crippen LogP contribution in [-0.4, -0.2) is 37.2 Å². The molecular formula is C49H86O6. The fraction of sp³-hybridized carbons (Fsp3) is 0.776. The van der Waals surface area contributed by atoms with Crippen LogP contribution < -0.4 is 0 Å². The Hall–Kier alpha value is -2.63. The molecule has 0 aliphatic heterocycles. The van der Waals surface area contributed by atoms with Gasteiger partial charge in [-0.1, -0.05) is 185 Å². The molecule has 1 unspecified atom stereocenters. The van der Waals surface area contributed by atoms with Crippen LogP contribution in [0.15, 0.2) is 48.6 Å². The third kappa shape index (κ3) is 42.4. The van der Waals surface area contributed by atoms with Gasteiger partial charge in [0.25, 0.3) is 0 Å². The van der Waals surface area contributed by atoms with Crippen molar-refractivity contribution in [3.63, 3.8) is 0 Å². The molecule has 0 saturated carbocycles. The summed E-state index contributed by atoms with van der Waals surface area (Å²) < 4.78 is 16.6. The maximum absolute atomic E-state index is 12.7. The second-order valence-electron chi connectivity index (χ2n) is 15.3. The standard InChI is InChI=1S/C49H86O6/c1-4-7-10-13-16-19-22-23-24-25-26-27-28-31-33-36-39-42-48(51)54-45-46(55-49(52)43-40-37-34-30-21-18-15-12-9-6-3)44-53-47(50)41-38-35-32-29-20-17-14-11-8-5-2/h15,18,23-24,26-27,31,33,46H,4-14,16-17,19-22,25,28-30,32,34-45H2,1-3H3/b18-15-,24-23-,27-26-,33-31-. The Balaban J connectivity index is 4.42. The van der Waals surface area contributed by atoms with Crippen LogP contribution >= 0.6 is 0 Å². The largest absolute Gasteiger partial charge is 0.462 e. The third-order valence-electron chi connectivity index (χ3n) is 9.81. The first kappa shape index (κ1) is 52.4. The minimum absolute atomic E-state index is 0.0921. The van der Waals surface area contributed by atoms with Crippen LogP contribution in [0.25, 0.3) is 0 Å². The minimum Gasteiger partial charge on any atom is -0.462 e. The molecule has 55 heavy (non-hydrogen) atoms. The van der Waals surface area contributed by atoms with E-state index in [4.69, 9.17) is 14.2 Å². The van der Waals surface area contributed by atoms with Gasteiger partial charge in [0.15, 0.2) is 6.10 Å². The number of allylic oxidation sites excluding steroid dienone is 8. The molecule has 0 amide bonds. The summed E-state index contributed by atoms with van der Waals surface area (Å²) >= 11 is 0. The van der Waals surface area contributed by atoms with Crippen LogP contribution in [0, 0.1) is 0 Å². The number of unbranched alkanes of at least 4 members (excludes halogenated alkanes) is 22. The number of rotatable bonds is 41. The van der Waals surface area contributed by atoms with Crippen molar-refractivity contribution in [3.05, 3.63) is 48.6 Å². The second-order valence-corrected chi connectivity index (χ2v) is 15.3. The summed E-state index contributed by atoms with van der Waals surface area (Å²) in [6.45, 7) is 6.51. The Morgan fingerprint density at radius 1 is 0.364 bits per heavy atom. The van der Waals surface area contributed by atoms with Gasteiger partial charge in [0.1, 0.15) is 13.2 Å². The zero-order valence-corrected chi connectivity index (χ0v) is 36.2. The van der Waals surface area contributed by atoms with Gasteiger partial charge in [-0.2, -0.15) is 0 Å². The number of carbonyl (C=O) groups excluding carboxylic acids is 3. The van der Waals surface area contributed by atoms with Crippen LogP contribution in [0.2, 0.25) is 0 Å².